The minimum Gasteiger partial charge on any atom is -0.450 e. The predicted octanol–water partition coefficient (Wildman–Crippen LogP) is 1.38. The summed E-state index contributed by atoms with van der Waals surface area (Å²) in [6, 6.07) is 0.217. The van der Waals surface area contributed by atoms with Gasteiger partial charge < -0.3 is 15.4 Å². The van der Waals surface area contributed by atoms with Gasteiger partial charge in [0.05, 0.1) is 18.4 Å². The van der Waals surface area contributed by atoms with Crippen LogP contribution in [0.25, 0.3) is 0 Å². The lowest BCUT2D eigenvalue weighted by atomic mass is 10.0. The topological polar surface area (TPSA) is 111 Å². The Hall–Kier alpha value is -1.84. The zero-order chi connectivity index (χ0) is 18.2. The zero-order valence-corrected chi connectivity index (χ0v) is 15.7. The molecule has 1 aliphatic carbocycles. The minimum absolute atomic E-state index is 0.116. The summed E-state index contributed by atoms with van der Waals surface area (Å²) in [5, 5.41) is 17.9. The first kappa shape index (κ1) is 19.5. The Morgan fingerprint density at radius 2 is 2.16 bits per heavy atom. The molecule has 1 aliphatic rings. The van der Waals surface area contributed by atoms with E-state index in [0.717, 1.165) is 19.3 Å². The monoisotopic (exact) mass is 370 g/mol. The molecule has 2 amide bonds. The van der Waals surface area contributed by atoms with E-state index >= 15 is 0 Å². The van der Waals surface area contributed by atoms with Crippen LogP contribution in [-0.4, -0.2) is 57.2 Å². The lowest BCUT2D eigenvalue weighted by molar-refractivity contribution is -0.118. The molecule has 1 aromatic rings. The van der Waals surface area contributed by atoms with Gasteiger partial charge in [-0.1, -0.05) is 25.6 Å². The molecule has 140 valence electrons. The SMILES string of the molecule is CCOC(=O)NC(CNC(=O)CSc1nnnn1C1CC1)CC(C)C. The molecule has 9 nitrogen and oxygen atoms in total. The number of hydrogen-bond donors (Lipinski definition) is 2. The van der Waals surface area contributed by atoms with E-state index in [1.165, 1.54) is 11.8 Å². The van der Waals surface area contributed by atoms with Crippen LogP contribution in [0.3, 0.4) is 0 Å². The molecule has 0 spiro atoms. The van der Waals surface area contributed by atoms with Crippen LogP contribution in [0.2, 0.25) is 0 Å². The second-order valence-electron chi connectivity index (χ2n) is 6.42. The van der Waals surface area contributed by atoms with E-state index in [1.54, 1.807) is 11.6 Å². The van der Waals surface area contributed by atoms with Crippen molar-refractivity contribution in [3.63, 3.8) is 0 Å². The fraction of sp³-hybridized carbons (Fsp3) is 0.800. The summed E-state index contributed by atoms with van der Waals surface area (Å²) >= 11 is 1.32. The minimum atomic E-state index is -0.458. The van der Waals surface area contributed by atoms with E-state index in [-0.39, 0.29) is 17.7 Å². The van der Waals surface area contributed by atoms with Gasteiger partial charge >= 0.3 is 6.09 Å². The van der Waals surface area contributed by atoms with E-state index < -0.39 is 6.09 Å². The Bertz CT molecular complexity index is 575. The quantitative estimate of drug-likeness (QED) is 0.598. The normalized spacial score (nSPS) is 15.0. The summed E-state index contributed by atoms with van der Waals surface area (Å²) in [5.41, 5.74) is 0. The molecule has 0 aromatic carbocycles. The van der Waals surface area contributed by atoms with Crippen molar-refractivity contribution in [2.24, 2.45) is 5.92 Å². The third-order valence-electron chi connectivity index (χ3n) is 3.59. The van der Waals surface area contributed by atoms with Gasteiger partial charge in [0, 0.05) is 12.6 Å². The second kappa shape index (κ2) is 9.59. The summed E-state index contributed by atoms with van der Waals surface area (Å²) in [4.78, 5) is 23.7. The average molecular weight is 370 g/mol. The van der Waals surface area contributed by atoms with Crippen molar-refractivity contribution in [3.05, 3.63) is 0 Å². The summed E-state index contributed by atoms with van der Waals surface area (Å²) in [5.74, 6) is 0.511. The highest BCUT2D eigenvalue weighted by molar-refractivity contribution is 7.99. The average Bonchev–Trinajstić information content (AvgIpc) is 3.28. The van der Waals surface area contributed by atoms with Gasteiger partial charge in [0.25, 0.3) is 0 Å². The molecule has 1 atom stereocenters. The number of amides is 2. The predicted molar refractivity (Wildman–Crippen MR) is 93.2 cm³/mol. The van der Waals surface area contributed by atoms with Crippen LogP contribution in [-0.2, 0) is 9.53 Å². The molecule has 10 heteroatoms. The maximum Gasteiger partial charge on any atom is 0.407 e. The number of thioether (sulfide) groups is 1. The van der Waals surface area contributed by atoms with Crippen LogP contribution in [0.4, 0.5) is 4.79 Å². The van der Waals surface area contributed by atoms with Crippen LogP contribution >= 0.6 is 11.8 Å². The number of carbonyl (C=O) groups excluding carboxylic acids is 2. The van der Waals surface area contributed by atoms with Crippen LogP contribution in [0, 0.1) is 5.92 Å². The molecule has 2 N–H and O–H groups in total. The molecule has 2 rings (SSSR count). The summed E-state index contributed by atoms with van der Waals surface area (Å²) in [7, 11) is 0. The first-order valence-electron chi connectivity index (χ1n) is 8.60. The van der Waals surface area contributed by atoms with Crippen LogP contribution in [0.15, 0.2) is 5.16 Å². The molecule has 1 unspecified atom stereocenters. The smallest absolute Gasteiger partial charge is 0.407 e. The number of tetrazole rings is 1. The third kappa shape index (κ3) is 6.89. The second-order valence-corrected chi connectivity index (χ2v) is 7.36. The Morgan fingerprint density at radius 1 is 1.40 bits per heavy atom. The fourth-order valence-corrected chi connectivity index (χ4v) is 3.12. The van der Waals surface area contributed by atoms with E-state index in [1.807, 2.05) is 0 Å². The molecule has 1 aromatic heterocycles. The first-order chi connectivity index (χ1) is 12.0. The number of hydrogen-bond acceptors (Lipinski definition) is 7. The number of nitrogens with zero attached hydrogens (tertiary/aromatic N) is 4. The van der Waals surface area contributed by atoms with E-state index in [4.69, 9.17) is 4.74 Å². The molecule has 1 saturated carbocycles. The first-order valence-corrected chi connectivity index (χ1v) is 9.58. The summed E-state index contributed by atoms with van der Waals surface area (Å²) in [6.07, 6.45) is 2.47. The Kier molecular flexibility index (Phi) is 7.48. The maximum absolute atomic E-state index is 12.1. The molecule has 1 fully saturated rings. The number of ether oxygens (including phenoxy) is 1. The number of aromatic nitrogens is 4. The fourth-order valence-electron chi connectivity index (χ4n) is 2.35. The van der Waals surface area contributed by atoms with Crippen LogP contribution in [0.5, 0.6) is 0 Å². The van der Waals surface area contributed by atoms with Crippen molar-refractivity contribution in [2.45, 2.75) is 57.3 Å². The van der Waals surface area contributed by atoms with Crippen molar-refractivity contribution >= 4 is 23.8 Å². The van der Waals surface area contributed by atoms with Crippen LogP contribution < -0.4 is 10.6 Å². The molecular formula is C15H26N6O3S. The molecule has 1 heterocycles. The molecule has 25 heavy (non-hydrogen) atoms. The van der Waals surface area contributed by atoms with Gasteiger partial charge in [-0.3, -0.25) is 4.79 Å². The molecule has 0 aliphatic heterocycles. The van der Waals surface area contributed by atoms with Gasteiger partial charge in [0.1, 0.15) is 0 Å². The van der Waals surface area contributed by atoms with Gasteiger partial charge in [-0.15, -0.1) is 5.10 Å². The van der Waals surface area contributed by atoms with Crippen molar-refractivity contribution in [2.75, 3.05) is 18.9 Å². The highest BCUT2D eigenvalue weighted by atomic mass is 32.2. The Labute approximate surface area is 151 Å². The van der Waals surface area contributed by atoms with E-state index in [0.29, 0.717) is 30.3 Å². The van der Waals surface area contributed by atoms with Gasteiger partial charge in [0.15, 0.2) is 0 Å². The lowest BCUT2D eigenvalue weighted by Crippen LogP contribution is -2.45. The number of nitrogens with one attached hydrogen (secondary N) is 2. The zero-order valence-electron chi connectivity index (χ0n) is 14.9. The van der Waals surface area contributed by atoms with Crippen molar-refractivity contribution in [1.29, 1.82) is 0 Å². The number of alkyl carbamates (subject to hydrolysis) is 1. The van der Waals surface area contributed by atoms with Gasteiger partial charge in [-0.25, -0.2) is 9.48 Å². The Morgan fingerprint density at radius 3 is 2.80 bits per heavy atom. The number of rotatable bonds is 10. The molecule has 0 saturated heterocycles. The molecule has 0 bridgehead atoms. The summed E-state index contributed by atoms with van der Waals surface area (Å²) in [6.45, 7) is 6.57. The highest BCUT2D eigenvalue weighted by Crippen LogP contribution is 2.36. The molecular weight excluding hydrogens is 344 g/mol. The largest absolute Gasteiger partial charge is 0.450 e. The lowest BCUT2D eigenvalue weighted by Gasteiger charge is -2.20. The van der Waals surface area contributed by atoms with E-state index in [9.17, 15) is 9.59 Å². The van der Waals surface area contributed by atoms with Crippen LogP contribution in [0.1, 0.15) is 46.1 Å². The van der Waals surface area contributed by atoms with Crippen molar-refractivity contribution < 1.29 is 14.3 Å². The maximum atomic E-state index is 12.1. The highest BCUT2D eigenvalue weighted by Gasteiger charge is 2.28. The van der Waals surface area contributed by atoms with Gasteiger partial charge in [0.2, 0.25) is 11.1 Å². The summed E-state index contributed by atoms with van der Waals surface area (Å²) < 4.78 is 6.69. The van der Waals surface area contributed by atoms with Gasteiger partial charge in [-0.2, -0.15) is 0 Å². The molecule has 0 radical (unpaired) electrons. The standard InChI is InChI=1S/C15H26N6O3S/c1-4-24-15(23)17-11(7-10(2)3)8-16-13(22)9-25-14-18-19-20-21(14)12-5-6-12/h10-12H,4-9H2,1-3H3,(H,16,22)(H,17,23). The third-order valence-corrected chi connectivity index (χ3v) is 4.52. The van der Waals surface area contributed by atoms with Crippen molar-refractivity contribution in [1.82, 2.24) is 30.8 Å². The van der Waals surface area contributed by atoms with Crippen molar-refractivity contribution in [3.8, 4) is 0 Å². The Balaban J connectivity index is 1.75. The van der Waals surface area contributed by atoms with Gasteiger partial charge in [-0.05, 0) is 42.5 Å². The van der Waals surface area contributed by atoms with E-state index in [2.05, 4.69) is 40.0 Å². The number of carbonyl (C=O) groups is 2.